The highest BCUT2D eigenvalue weighted by molar-refractivity contribution is 5.82. The van der Waals surface area contributed by atoms with E-state index in [-0.39, 0.29) is 5.41 Å². The van der Waals surface area contributed by atoms with Gasteiger partial charge in [-0.15, -0.1) is 0 Å². The summed E-state index contributed by atoms with van der Waals surface area (Å²) in [6.07, 6.45) is 6.21. The number of hydrogen-bond donors (Lipinski definition) is 1. The Morgan fingerprint density at radius 3 is 2.74 bits per heavy atom. The van der Waals surface area contributed by atoms with Crippen LogP contribution in [0.2, 0.25) is 0 Å². The molecule has 2 heterocycles. The van der Waals surface area contributed by atoms with Crippen LogP contribution in [0.25, 0.3) is 0 Å². The monoisotopic (exact) mass is 316 g/mol. The second kappa shape index (κ2) is 7.35. The first kappa shape index (κ1) is 16.3. The van der Waals surface area contributed by atoms with Gasteiger partial charge in [0, 0.05) is 7.05 Å². The minimum absolute atomic E-state index is 0.154. The summed E-state index contributed by atoms with van der Waals surface area (Å²) in [5.41, 5.74) is 1.14. The molecule has 0 radical (unpaired) electrons. The molecule has 1 aromatic rings. The largest absolute Gasteiger partial charge is 0.491 e. The van der Waals surface area contributed by atoms with Gasteiger partial charge in [0.05, 0.1) is 12.0 Å². The van der Waals surface area contributed by atoms with E-state index in [4.69, 9.17) is 4.74 Å². The van der Waals surface area contributed by atoms with Crippen LogP contribution < -0.4 is 10.1 Å². The summed E-state index contributed by atoms with van der Waals surface area (Å²) in [6.45, 7) is 3.13. The molecule has 4 nitrogen and oxygen atoms in total. The van der Waals surface area contributed by atoms with Crippen molar-refractivity contribution in [2.24, 2.45) is 5.41 Å². The number of aryl methyl sites for hydroxylation is 1. The number of amides is 1. The number of benzene rings is 1. The lowest BCUT2D eigenvalue weighted by molar-refractivity contribution is -0.143. The molecule has 1 aromatic carbocycles. The lowest BCUT2D eigenvalue weighted by Crippen LogP contribution is -2.49. The minimum atomic E-state index is -0.154. The van der Waals surface area contributed by atoms with Gasteiger partial charge in [-0.3, -0.25) is 4.79 Å². The number of hydrogen-bond acceptors (Lipinski definition) is 3. The highest BCUT2D eigenvalue weighted by Gasteiger charge is 2.40. The number of para-hydroxylation sites is 1. The van der Waals surface area contributed by atoms with Gasteiger partial charge in [0.15, 0.2) is 0 Å². The normalized spacial score (nSPS) is 22.7. The Labute approximate surface area is 139 Å². The Bertz CT molecular complexity index is 538. The summed E-state index contributed by atoms with van der Waals surface area (Å²) in [5.74, 6) is 1.29. The van der Waals surface area contributed by atoms with Crippen molar-refractivity contribution in [3.8, 4) is 5.75 Å². The molecule has 0 aromatic heterocycles. The van der Waals surface area contributed by atoms with Crippen LogP contribution in [-0.4, -0.2) is 44.1 Å². The Morgan fingerprint density at radius 2 is 1.91 bits per heavy atom. The standard InChI is InChI=1S/C19H28N2O2/c1-21-14-15-23-17-8-3-2-6-16(17)7-4-5-9-19(18(21)22)10-12-20-13-11-19/h2-3,6,8,20H,4-5,7,9-15H2,1H3. The number of carbonyl (C=O) groups excluding carboxylic acids is 1. The fourth-order valence-corrected chi connectivity index (χ4v) is 3.91. The molecule has 4 heteroatoms. The van der Waals surface area contributed by atoms with Crippen LogP contribution in [0.15, 0.2) is 24.3 Å². The van der Waals surface area contributed by atoms with Crippen molar-refractivity contribution < 1.29 is 9.53 Å². The molecule has 0 aliphatic carbocycles. The third kappa shape index (κ3) is 3.69. The van der Waals surface area contributed by atoms with Crippen molar-refractivity contribution in [1.82, 2.24) is 10.2 Å². The van der Waals surface area contributed by atoms with Gasteiger partial charge in [-0.2, -0.15) is 0 Å². The van der Waals surface area contributed by atoms with Crippen molar-refractivity contribution >= 4 is 5.91 Å². The van der Waals surface area contributed by atoms with Gasteiger partial charge in [0.1, 0.15) is 12.4 Å². The Hall–Kier alpha value is -1.55. The van der Waals surface area contributed by atoms with Crippen LogP contribution in [0.3, 0.4) is 0 Å². The Balaban J connectivity index is 1.77. The van der Waals surface area contributed by atoms with Crippen LogP contribution in [0.1, 0.15) is 37.7 Å². The molecule has 2 aliphatic heterocycles. The van der Waals surface area contributed by atoms with E-state index in [9.17, 15) is 4.79 Å². The van der Waals surface area contributed by atoms with Gasteiger partial charge in [-0.05, 0) is 56.8 Å². The molecule has 1 fully saturated rings. The maximum atomic E-state index is 13.0. The lowest BCUT2D eigenvalue weighted by atomic mass is 9.73. The molecule has 1 spiro atoms. The van der Waals surface area contributed by atoms with E-state index in [1.165, 1.54) is 5.56 Å². The Morgan fingerprint density at radius 1 is 1.13 bits per heavy atom. The quantitative estimate of drug-likeness (QED) is 0.800. The van der Waals surface area contributed by atoms with Crippen molar-refractivity contribution in [2.45, 2.75) is 38.5 Å². The van der Waals surface area contributed by atoms with Crippen LogP contribution in [0.4, 0.5) is 0 Å². The zero-order valence-corrected chi connectivity index (χ0v) is 14.1. The molecule has 1 amide bonds. The van der Waals surface area contributed by atoms with Crippen LogP contribution in [-0.2, 0) is 11.2 Å². The average molecular weight is 316 g/mol. The number of ether oxygens (including phenoxy) is 1. The molecule has 23 heavy (non-hydrogen) atoms. The number of fused-ring (bicyclic) bond motifs is 1. The van der Waals surface area contributed by atoms with E-state index in [1.54, 1.807) is 0 Å². The molecule has 0 saturated carbocycles. The molecule has 126 valence electrons. The summed E-state index contributed by atoms with van der Waals surface area (Å²) in [4.78, 5) is 14.9. The van der Waals surface area contributed by atoms with Gasteiger partial charge >= 0.3 is 0 Å². The van der Waals surface area contributed by atoms with E-state index in [1.807, 2.05) is 24.1 Å². The first-order chi connectivity index (χ1) is 11.2. The van der Waals surface area contributed by atoms with Gasteiger partial charge < -0.3 is 15.0 Å². The van der Waals surface area contributed by atoms with Gasteiger partial charge in [-0.25, -0.2) is 0 Å². The van der Waals surface area contributed by atoms with Gasteiger partial charge in [-0.1, -0.05) is 24.6 Å². The van der Waals surface area contributed by atoms with Crippen LogP contribution >= 0.6 is 0 Å². The average Bonchev–Trinajstić information content (AvgIpc) is 2.59. The highest BCUT2D eigenvalue weighted by Crippen LogP contribution is 2.37. The second-order valence-electron chi connectivity index (χ2n) is 6.92. The second-order valence-corrected chi connectivity index (χ2v) is 6.92. The number of likely N-dealkylation sites (N-methyl/N-ethyl adjacent to an activating group) is 1. The maximum Gasteiger partial charge on any atom is 0.228 e. The summed E-state index contributed by atoms with van der Waals surface area (Å²) >= 11 is 0. The zero-order valence-electron chi connectivity index (χ0n) is 14.1. The third-order valence-electron chi connectivity index (χ3n) is 5.37. The van der Waals surface area contributed by atoms with E-state index in [0.29, 0.717) is 19.1 Å². The summed E-state index contributed by atoms with van der Waals surface area (Å²) in [7, 11) is 1.92. The predicted molar refractivity (Wildman–Crippen MR) is 91.7 cm³/mol. The molecule has 2 aliphatic rings. The molecule has 1 N–H and O–H groups in total. The van der Waals surface area contributed by atoms with Gasteiger partial charge in [0.2, 0.25) is 5.91 Å². The topological polar surface area (TPSA) is 41.6 Å². The van der Waals surface area contributed by atoms with Gasteiger partial charge in [0.25, 0.3) is 0 Å². The van der Waals surface area contributed by atoms with Crippen molar-refractivity contribution in [3.05, 3.63) is 29.8 Å². The molecular formula is C19H28N2O2. The summed E-state index contributed by atoms with van der Waals surface area (Å²) in [6, 6.07) is 8.30. The van der Waals surface area contributed by atoms with Crippen LogP contribution in [0.5, 0.6) is 5.75 Å². The fourth-order valence-electron chi connectivity index (χ4n) is 3.91. The lowest BCUT2D eigenvalue weighted by Gasteiger charge is -2.39. The minimum Gasteiger partial charge on any atom is -0.491 e. The van der Waals surface area contributed by atoms with Crippen molar-refractivity contribution in [2.75, 3.05) is 33.3 Å². The first-order valence-electron chi connectivity index (χ1n) is 8.88. The first-order valence-corrected chi connectivity index (χ1v) is 8.88. The number of carbonyl (C=O) groups is 1. The highest BCUT2D eigenvalue weighted by atomic mass is 16.5. The number of nitrogens with one attached hydrogen (secondary N) is 1. The molecule has 0 atom stereocenters. The van der Waals surface area contributed by atoms with E-state index < -0.39 is 0 Å². The molecule has 1 saturated heterocycles. The number of piperidine rings is 1. The van der Waals surface area contributed by atoms with E-state index >= 15 is 0 Å². The third-order valence-corrected chi connectivity index (χ3v) is 5.37. The van der Waals surface area contributed by atoms with Crippen molar-refractivity contribution in [3.63, 3.8) is 0 Å². The summed E-state index contributed by atoms with van der Waals surface area (Å²) in [5, 5.41) is 3.40. The molecular weight excluding hydrogens is 288 g/mol. The predicted octanol–water partition coefficient (Wildman–Crippen LogP) is 2.62. The smallest absolute Gasteiger partial charge is 0.228 e. The molecule has 0 bridgehead atoms. The number of rotatable bonds is 0. The van der Waals surface area contributed by atoms with Crippen LogP contribution in [0, 0.1) is 5.41 Å². The molecule has 0 unspecified atom stereocenters. The van der Waals surface area contributed by atoms with E-state index in [0.717, 1.165) is 57.4 Å². The zero-order chi connectivity index (χ0) is 16.1. The molecule has 3 rings (SSSR count). The SMILES string of the molecule is CN1CCOc2ccccc2CCCCC2(CCNCC2)C1=O. The maximum absolute atomic E-state index is 13.0. The Kier molecular flexibility index (Phi) is 5.21. The fraction of sp³-hybridized carbons (Fsp3) is 0.632. The summed E-state index contributed by atoms with van der Waals surface area (Å²) < 4.78 is 5.95. The number of nitrogens with zero attached hydrogens (tertiary/aromatic N) is 1. The van der Waals surface area contributed by atoms with E-state index in [2.05, 4.69) is 17.4 Å². The van der Waals surface area contributed by atoms with Crippen molar-refractivity contribution in [1.29, 1.82) is 0 Å².